The number of phosphoric ester groups is 1. The highest BCUT2D eigenvalue weighted by Crippen LogP contribution is 2.38. The zero-order valence-electron chi connectivity index (χ0n) is 37.1. The summed E-state index contributed by atoms with van der Waals surface area (Å²) in [6.45, 7) is 5.21. The molecule has 56 heavy (non-hydrogen) atoms. The largest absolute Gasteiger partial charge is 0.756 e. The van der Waals surface area contributed by atoms with Crippen molar-refractivity contribution in [2.45, 2.75) is 193 Å². The minimum atomic E-state index is -4.54. The third-order valence-electron chi connectivity index (χ3n) is 9.66. The van der Waals surface area contributed by atoms with Crippen LogP contribution in [0.25, 0.3) is 0 Å². The van der Waals surface area contributed by atoms with Gasteiger partial charge in [0.15, 0.2) is 0 Å². The molecule has 0 N–H and O–H groups in total. The maximum Gasteiger partial charge on any atom is 0.306 e. The Balaban J connectivity index is 4.19. The average Bonchev–Trinajstić information content (AvgIpc) is 3.15. The Morgan fingerprint density at radius 1 is 0.571 bits per heavy atom. The molecule has 9 heteroatoms. The van der Waals surface area contributed by atoms with Crippen LogP contribution in [0, 0.1) is 0 Å². The molecule has 0 aromatic rings. The first-order chi connectivity index (χ1) is 27.1. The molecule has 2 atom stereocenters. The van der Waals surface area contributed by atoms with Gasteiger partial charge in [-0.3, -0.25) is 9.36 Å². The number of unbranched alkanes of at least 4 members (excludes halogenated alkanes) is 20. The second-order valence-electron chi connectivity index (χ2n) is 16.4. The Morgan fingerprint density at radius 3 is 1.45 bits per heavy atom. The highest BCUT2D eigenvalue weighted by molar-refractivity contribution is 7.45. The van der Waals surface area contributed by atoms with E-state index in [0.717, 1.165) is 38.5 Å². The van der Waals surface area contributed by atoms with Gasteiger partial charge in [-0.2, -0.15) is 0 Å². The standard InChI is InChI=1S/C47H88NO7P/c1-6-8-10-12-14-16-18-20-21-22-23-24-25-26-27-29-31-33-35-37-39-42-52-44-46(45-54-56(50,51)53-43-41-48(3,4)5)55-47(49)40-38-36-34-32-30-28-19-17-15-13-11-9-7-2/h9,11,15,17,28,30,34,36,46H,6-8,10,12-14,16,18-27,29,31-33,35,37-45H2,1-5H3/b11-9-,17-15-,30-28-,36-34-. The molecule has 8 nitrogen and oxygen atoms in total. The lowest BCUT2D eigenvalue weighted by molar-refractivity contribution is -0.870. The van der Waals surface area contributed by atoms with Crippen molar-refractivity contribution in [3.8, 4) is 0 Å². The third-order valence-corrected chi connectivity index (χ3v) is 10.6. The Hall–Kier alpha value is -1.54. The second-order valence-corrected chi connectivity index (χ2v) is 17.8. The fourth-order valence-corrected chi connectivity index (χ4v) is 6.88. The number of phosphoric acid groups is 1. The van der Waals surface area contributed by atoms with Crippen molar-refractivity contribution in [1.82, 2.24) is 0 Å². The quantitative estimate of drug-likeness (QED) is 0.0199. The van der Waals surface area contributed by atoms with Crippen LogP contribution >= 0.6 is 7.82 Å². The maximum atomic E-state index is 12.6. The van der Waals surface area contributed by atoms with Gasteiger partial charge in [0.2, 0.25) is 0 Å². The summed E-state index contributed by atoms with van der Waals surface area (Å²) < 4.78 is 34.5. The predicted octanol–water partition coefficient (Wildman–Crippen LogP) is 12.9. The van der Waals surface area contributed by atoms with E-state index in [4.69, 9.17) is 18.5 Å². The van der Waals surface area contributed by atoms with E-state index < -0.39 is 19.9 Å². The molecule has 0 amide bonds. The van der Waals surface area contributed by atoms with Gasteiger partial charge in [-0.05, 0) is 38.5 Å². The Labute approximate surface area is 346 Å². The molecular formula is C47H88NO7P. The number of nitrogens with zero attached hydrogens (tertiary/aromatic N) is 1. The molecule has 0 aliphatic rings. The number of carbonyl (C=O) groups is 1. The first-order valence-electron chi connectivity index (χ1n) is 22.9. The SMILES string of the molecule is CC/C=C\C/C=C\C/C=C\C/C=C\CCC(=O)OC(COCCCCCCCCCCCCCCCCCCCCCCC)COP(=O)([O-])OCC[N+](C)(C)C. The summed E-state index contributed by atoms with van der Waals surface area (Å²) in [5.41, 5.74) is 0. The smallest absolute Gasteiger partial charge is 0.306 e. The van der Waals surface area contributed by atoms with Gasteiger partial charge in [-0.1, -0.05) is 191 Å². The van der Waals surface area contributed by atoms with Gasteiger partial charge in [0.05, 0.1) is 34.4 Å². The number of quaternary nitrogens is 1. The van der Waals surface area contributed by atoms with Gasteiger partial charge in [0.1, 0.15) is 19.3 Å². The van der Waals surface area contributed by atoms with Crippen LogP contribution in [-0.4, -0.2) is 70.7 Å². The number of likely N-dealkylation sites (N-methyl/N-ethyl adjacent to an activating group) is 1. The average molecular weight is 810 g/mol. The molecule has 0 saturated carbocycles. The van der Waals surface area contributed by atoms with Crippen molar-refractivity contribution in [3.63, 3.8) is 0 Å². The molecule has 0 radical (unpaired) electrons. The van der Waals surface area contributed by atoms with Crippen molar-refractivity contribution in [2.75, 3.05) is 54.1 Å². The number of esters is 1. The molecule has 0 rings (SSSR count). The minimum Gasteiger partial charge on any atom is -0.756 e. The van der Waals surface area contributed by atoms with Crippen LogP contribution in [0.15, 0.2) is 48.6 Å². The fraction of sp³-hybridized carbons (Fsp3) is 0.809. The number of ether oxygens (including phenoxy) is 2. The van der Waals surface area contributed by atoms with Crippen LogP contribution < -0.4 is 4.89 Å². The van der Waals surface area contributed by atoms with Crippen molar-refractivity contribution >= 4 is 13.8 Å². The highest BCUT2D eigenvalue weighted by Gasteiger charge is 2.20. The van der Waals surface area contributed by atoms with Crippen LogP contribution in [0.5, 0.6) is 0 Å². The van der Waals surface area contributed by atoms with Crippen LogP contribution in [0.3, 0.4) is 0 Å². The minimum absolute atomic E-state index is 0.0135. The molecule has 2 unspecified atom stereocenters. The normalized spacial score (nSPS) is 14.2. The van der Waals surface area contributed by atoms with E-state index >= 15 is 0 Å². The number of allylic oxidation sites excluding steroid dienone is 8. The number of rotatable bonds is 42. The molecule has 0 aromatic heterocycles. The van der Waals surface area contributed by atoms with E-state index in [2.05, 4.69) is 50.3 Å². The summed E-state index contributed by atoms with van der Waals surface area (Å²) in [5, 5.41) is 0. The molecule has 0 bridgehead atoms. The predicted molar refractivity (Wildman–Crippen MR) is 236 cm³/mol. The molecule has 0 saturated heterocycles. The first-order valence-corrected chi connectivity index (χ1v) is 24.3. The third kappa shape index (κ3) is 43.6. The first kappa shape index (κ1) is 54.5. The topological polar surface area (TPSA) is 94.1 Å². The molecule has 0 aliphatic carbocycles. The van der Waals surface area contributed by atoms with E-state index in [0.29, 0.717) is 24.1 Å². The summed E-state index contributed by atoms with van der Waals surface area (Å²) >= 11 is 0. The molecule has 0 aromatic carbocycles. The number of hydrogen-bond donors (Lipinski definition) is 0. The van der Waals surface area contributed by atoms with Crippen molar-refractivity contribution in [2.24, 2.45) is 0 Å². The number of hydrogen-bond acceptors (Lipinski definition) is 7. The van der Waals surface area contributed by atoms with E-state index in [1.165, 1.54) is 122 Å². The fourth-order valence-electron chi connectivity index (χ4n) is 6.15. The lowest BCUT2D eigenvalue weighted by atomic mass is 10.0. The van der Waals surface area contributed by atoms with E-state index in [1.54, 1.807) is 0 Å². The molecule has 328 valence electrons. The highest BCUT2D eigenvalue weighted by atomic mass is 31.2. The van der Waals surface area contributed by atoms with Crippen molar-refractivity contribution in [1.29, 1.82) is 0 Å². The zero-order chi connectivity index (χ0) is 41.3. The van der Waals surface area contributed by atoms with Crippen LogP contribution in [0.1, 0.15) is 187 Å². The Morgan fingerprint density at radius 2 is 1.00 bits per heavy atom. The summed E-state index contributed by atoms with van der Waals surface area (Å²) in [6.07, 6.45) is 48.7. The van der Waals surface area contributed by atoms with Crippen LogP contribution in [0.4, 0.5) is 0 Å². The second kappa shape index (κ2) is 40.2. The lowest BCUT2D eigenvalue weighted by Crippen LogP contribution is -2.37. The summed E-state index contributed by atoms with van der Waals surface area (Å²) in [4.78, 5) is 25.0. The van der Waals surface area contributed by atoms with E-state index in [1.807, 2.05) is 33.3 Å². The van der Waals surface area contributed by atoms with Gasteiger partial charge in [0.25, 0.3) is 7.82 Å². The van der Waals surface area contributed by atoms with Gasteiger partial charge in [0, 0.05) is 13.0 Å². The molecule has 0 aliphatic heterocycles. The van der Waals surface area contributed by atoms with Crippen LogP contribution in [0.2, 0.25) is 0 Å². The molecule has 0 spiro atoms. The Bertz CT molecular complexity index is 1040. The maximum absolute atomic E-state index is 12.6. The monoisotopic (exact) mass is 810 g/mol. The zero-order valence-corrected chi connectivity index (χ0v) is 38.0. The summed E-state index contributed by atoms with van der Waals surface area (Å²) in [6, 6.07) is 0. The van der Waals surface area contributed by atoms with E-state index in [-0.39, 0.29) is 26.2 Å². The Kier molecular flexibility index (Phi) is 39.1. The van der Waals surface area contributed by atoms with Crippen LogP contribution in [-0.2, 0) is 27.9 Å². The van der Waals surface area contributed by atoms with Gasteiger partial charge < -0.3 is 27.9 Å². The van der Waals surface area contributed by atoms with Crippen molar-refractivity contribution < 1.29 is 37.3 Å². The lowest BCUT2D eigenvalue weighted by Gasteiger charge is -2.28. The van der Waals surface area contributed by atoms with Gasteiger partial charge >= 0.3 is 5.97 Å². The van der Waals surface area contributed by atoms with Crippen molar-refractivity contribution in [3.05, 3.63) is 48.6 Å². The van der Waals surface area contributed by atoms with Gasteiger partial charge in [-0.15, -0.1) is 0 Å². The molecular weight excluding hydrogens is 721 g/mol. The summed E-state index contributed by atoms with van der Waals surface area (Å²) in [7, 11) is 1.31. The number of carbonyl (C=O) groups excluding carboxylic acids is 1. The van der Waals surface area contributed by atoms with E-state index in [9.17, 15) is 14.3 Å². The summed E-state index contributed by atoms with van der Waals surface area (Å²) in [5.74, 6) is -0.412. The molecule has 0 fully saturated rings. The molecule has 0 heterocycles. The van der Waals surface area contributed by atoms with Gasteiger partial charge in [-0.25, -0.2) is 0 Å².